The van der Waals surface area contributed by atoms with E-state index in [0.717, 1.165) is 13.5 Å². The van der Waals surface area contributed by atoms with E-state index < -0.39 is 35.4 Å². The molecule has 0 amide bonds. The van der Waals surface area contributed by atoms with Crippen LogP contribution < -0.4 is 0 Å². The lowest BCUT2D eigenvalue weighted by atomic mass is 9.91. The Balaban J connectivity index is 4.93. The molecule has 0 fully saturated rings. The standard InChI is InChI=1S/C11H18F3NO4/c1-3-4-5-6-9(15(17)18)8(11(12,13)14)7-10(16)19-2/h8-9H,3-7H2,1-2H3. The van der Waals surface area contributed by atoms with E-state index in [1.807, 2.05) is 6.92 Å². The first kappa shape index (κ1) is 17.7. The number of carbonyl (C=O) groups excluding carboxylic acids is 1. The number of halogens is 3. The van der Waals surface area contributed by atoms with Crippen molar-refractivity contribution in [1.82, 2.24) is 0 Å². The minimum Gasteiger partial charge on any atom is -0.469 e. The molecular formula is C11H18F3NO4. The Morgan fingerprint density at radius 1 is 1.37 bits per heavy atom. The molecule has 0 saturated heterocycles. The zero-order valence-electron chi connectivity index (χ0n) is 10.9. The monoisotopic (exact) mass is 285 g/mol. The number of hydrogen-bond donors (Lipinski definition) is 0. The van der Waals surface area contributed by atoms with Gasteiger partial charge in [-0.2, -0.15) is 13.2 Å². The Morgan fingerprint density at radius 3 is 2.32 bits per heavy atom. The number of alkyl halides is 3. The van der Waals surface area contributed by atoms with Crippen LogP contribution in [-0.2, 0) is 9.53 Å². The maximum Gasteiger partial charge on any atom is 0.398 e. The first-order chi connectivity index (χ1) is 8.73. The van der Waals surface area contributed by atoms with E-state index in [-0.39, 0.29) is 6.42 Å². The highest BCUT2D eigenvalue weighted by atomic mass is 19.4. The molecule has 112 valence electrons. The van der Waals surface area contributed by atoms with Crippen molar-refractivity contribution in [3.05, 3.63) is 10.1 Å². The number of esters is 1. The van der Waals surface area contributed by atoms with Crippen LogP contribution >= 0.6 is 0 Å². The molecule has 0 spiro atoms. The van der Waals surface area contributed by atoms with E-state index in [1.165, 1.54) is 0 Å². The number of hydrogen-bond acceptors (Lipinski definition) is 4. The van der Waals surface area contributed by atoms with Crippen molar-refractivity contribution in [1.29, 1.82) is 0 Å². The fourth-order valence-electron chi connectivity index (χ4n) is 1.79. The molecule has 0 aliphatic carbocycles. The Hall–Kier alpha value is -1.34. The van der Waals surface area contributed by atoms with E-state index in [9.17, 15) is 28.1 Å². The highest BCUT2D eigenvalue weighted by molar-refractivity contribution is 5.69. The quantitative estimate of drug-likeness (QED) is 0.297. The third kappa shape index (κ3) is 6.40. The highest BCUT2D eigenvalue weighted by Gasteiger charge is 2.51. The second-order valence-electron chi connectivity index (χ2n) is 4.28. The Morgan fingerprint density at radius 2 is 1.95 bits per heavy atom. The van der Waals surface area contributed by atoms with Crippen LogP contribution in [0.4, 0.5) is 13.2 Å². The third-order valence-electron chi connectivity index (χ3n) is 2.87. The number of nitrogens with zero attached hydrogens (tertiary/aromatic N) is 1. The molecule has 0 aromatic heterocycles. The molecule has 0 aliphatic rings. The van der Waals surface area contributed by atoms with Crippen LogP contribution in [0.2, 0.25) is 0 Å². The molecule has 5 nitrogen and oxygen atoms in total. The summed E-state index contributed by atoms with van der Waals surface area (Å²) in [5, 5.41) is 10.8. The van der Waals surface area contributed by atoms with Gasteiger partial charge in [-0.3, -0.25) is 14.9 Å². The smallest absolute Gasteiger partial charge is 0.398 e. The minimum atomic E-state index is -4.79. The summed E-state index contributed by atoms with van der Waals surface area (Å²) in [5.41, 5.74) is 0. The van der Waals surface area contributed by atoms with Gasteiger partial charge < -0.3 is 4.74 Å². The van der Waals surface area contributed by atoms with E-state index in [0.29, 0.717) is 12.8 Å². The topological polar surface area (TPSA) is 69.4 Å². The molecule has 2 atom stereocenters. The lowest BCUT2D eigenvalue weighted by molar-refractivity contribution is -0.542. The summed E-state index contributed by atoms with van der Waals surface area (Å²) in [6.45, 7) is 1.84. The number of unbranched alkanes of at least 4 members (excludes halogenated alkanes) is 2. The average molecular weight is 285 g/mol. The second kappa shape index (κ2) is 7.96. The van der Waals surface area contributed by atoms with Crippen molar-refractivity contribution in [2.45, 2.75) is 51.2 Å². The van der Waals surface area contributed by atoms with Crippen molar-refractivity contribution in [3.8, 4) is 0 Å². The summed E-state index contributed by atoms with van der Waals surface area (Å²) in [7, 11) is 0.952. The molecule has 0 radical (unpaired) electrons. The normalized spacial score (nSPS) is 14.8. The van der Waals surface area contributed by atoms with Crippen LogP contribution in [-0.4, -0.2) is 30.2 Å². The predicted octanol–water partition coefficient (Wildman–Crippen LogP) is 2.95. The van der Waals surface area contributed by atoms with Crippen LogP contribution in [0.25, 0.3) is 0 Å². The fourth-order valence-corrected chi connectivity index (χ4v) is 1.79. The maximum atomic E-state index is 12.8. The largest absolute Gasteiger partial charge is 0.469 e. The molecule has 0 aromatic rings. The average Bonchev–Trinajstić information content (AvgIpc) is 2.30. The van der Waals surface area contributed by atoms with E-state index >= 15 is 0 Å². The van der Waals surface area contributed by atoms with E-state index in [1.54, 1.807) is 0 Å². The molecule has 0 rings (SSSR count). The number of methoxy groups -OCH3 is 1. The van der Waals surface area contributed by atoms with Gasteiger partial charge in [-0.1, -0.05) is 19.8 Å². The molecule has 0 N–H and O–H groups in total. The summed E-state index contributed by atoms with van der Waals surface area (Å²) in [6, 6.07) is -1.80. The molecule has 0 bridgehead atoms. The van der Waals surface area contributed by atoms with Crippen molar-refractivity contribution >= 4 is 5.97 Å². The molecule has 0 saturated carbocycles. The number of ether oxygens (including phenoxy) is 1. The minimum absolute atomic E-state index is 0.192. The maximum absolute atomic E-state index is 12.8. The van der Waals surface area contributed by atoms with E-state index in [4.69, 9.17) is 0 Å². The molecule has 0 heterocycles. The zero-order chi connectivity index (χ0) is 15.1. The van der Waals surface area contributed by atoms with Crippen LogP contribution in [0.15, 0.2) is 0 Å². The Kier molecular flexibility index (Phi) is 7.40. The lowest BCUT2D eigenvalue weighted by Gasteiger charge is -2.22. The van der Waals surface area contributed by atoms with Gasteiger partial charge in [0.25, 0.3) is 0 Å². The van der Waals surface area contributed by atoms with Crippen LogP contribution in [0.5, 0.6) is 0 Å². The van der Waals surface area contributed by atoms with Gasteiger partial charge in [-0.25, -0.2) is 0 Å². The Bertz CT molecular complexity index is 307. The summed E-state index contributed by atoms with van der Waals surface area (Å²) in [6.07, 6.45) is -4.31. The Labute approximate surface area is 109 Å². The van der Waals surface area contributed by atoms with Crippen molar-refractivity contribution in [2.75, 3.05) is 7.11 Å². The van der Waals surface area contributed by atoms with Crippen molar-refractivity contribution < 1.29 is 27.6 Å². The number of nitro groups is 1. The van der Waals surface area contributed by atoms with Crippen LogP contribution in [0, 0.1) is 16.0 Å². The highest BCUT2D eigenvalue weighted by Crippen LogP contribution is 2.34. The third-order valence-corrected chi connectivity index (χ3v) is 2.87. The number of carbonyl (C=O) groups is 1. The summed E-state index contributed by atoms with van der Waals surface area (Å²) in [5.74, 6) is -3.39. The van der Waals surface area contributed by atoms with Crippen LogP contribution in [0.3, 0.4) is 0 Å². The van der Waals surface area contributed by atoms with Gasteiger partial charge >= 0.3 is 12.1 Å². The fraction of sp³-hybridized carbons (Fsp3) is 0.909. The van der Waals surface area contributed by atoms with Gasteiger partial charge in [0.05, 0.1) is 13.5 Å². The second-order valence-corrected chi connectivity index (χ2v) is 4.28. The van der Waals surface area contributed by atoms with Gasteiger partial charge in [0.1, 0.15) is 5.92 Å². The predicted molar refractivity (Wildman–Crippen MR) is 61.1 cm³/mol. The molecule has 0 aliphatic heterocycles. The van der Waals surface area contributed by atoms with Gasteiger partial charge in [-0.05, 0) is 6.42 Å². The number of rotatable bonds is 8. The molecular weight excluding hydrogens is 267 g/mol. The van der Waals surface area contributed by atoms with Crippen molar-refractivity contribution in [3.63, 3.8) is 0 Å². The first-order valence-electron chi connectivity index (χ1n) is 6.01. The summed E-state index contributed by atoms with van der Waals surface area (Å²) in [4.78, 5) is 20.8. The summed E-state index contributed by atoms with van der Waals surface area (Å²) < 4.78 is 42.6. The molecule has 8 heteroatoms. The molecule has 19 heavy (non-hydrogen) atoms. The van der Waals surface area contributed by atoms with Gasteiger partial charge in [0.2, 0.25) is 6.04 Å². The first-order valence-corrected chi connectivity index (χ1v) is 6.01. The summed E-state index contributed by atoms with van der Waals surface area (Å²) >= 11 is 0. The van der Waals surface area contributed by atoms with Gasteiger partial charge in [-0.15, -0.1) is 0 Å². The van der Waals surface area contributed by atoms with Crippen molar-refractivity contribution in [2.24, 2.45) is 5.92 Å². The van der Waals surface area contributed by atoms with Gasteiger partial charge in [0, 0.05) is 11.3 Å². The molecule has 2 unspecified atom stereocenters. The van der Waals surface area contributed by atoms with Crippen LogP contribution in [0.1, 0.15) is 39.0 Å². The van der Waals surface area contributed by atoms with E-state index in [2.05, 4.69) is 4.74 Å². The molecule has 0 aromatic carbocycles. The van der Waals surface area contributed by atoms with Gasteiger partial charge in [0.15, 0.2) is 0 Å². The zero-order valence-corrected chi connectivity index (χ0v) is 10.9. The SMILES string of the molecule is CCCCCC(C(CC(=O)OC)C(F)(F)F)[N+](=O)[O-]. The lowest BCUT2D eigenvalue weighted by Crippen LogP contribution is -2.40.